The minimum Gasteiger partial charge on any atom is -0.488 e. The molecule has 1 fully saturated rings. The summed E-state index contributed by atoms with van der Waals surface area (Å²) in [6.45, 7) is 2.20. The molecule has 0 spiro atoms. The molecule has 2 atom stereocenters. The average Bonchev–Trinajstić information content (AvgIpc) is 2.41. The molecule has 5 nitrogen and oxygen atoms in total. The molecular formula is C13H19N3O2. The van der Waals surface area contributed by atoms with E-state index < -0.39 is 0 Å². The Hall–Kier alpha value is -1.78. The normalized spacial score (nSPS) is 24.8. The van der Waals surface area contributed by atoms with Gasteiger partial charge in [0.2, 0.25) is 0 Å². The Kier molecular flexibility index (Phi) is 4.02. The topological polar surface area (TPSA) is 80.7 Å². The number of hydrogen-bond donors (Lipinski definition) is 2. The molecule has 1 aromatic rings. The number of ether oxygens (including phenoxy) is 1. The highest BCUT2D eigenvalue weighted by atomic mass is 16.5. The van der Waals surface area contributed by atoms with Crippen molar-refractivity contribution in [3.8, 4) is 5.75 Å². The van der Waals surface area contributed by atoms with Crippen molar-refractivity contribution < 1.29 is 9.94 Å². The first-order valence-electron chi connectivity index (χ1n) is 6.31. The summed E-state index contributed by atoms with van der Waals surface area (Å²) in [5, 5.41) is 11.8. The van der Waals surface area contributed by atoms with E-state index in [-0.39, 0.29) is 11.9 Å². The van der Waals surface area contributed by atoms with Crippen LogP contribution in [0.5, 0.6) is 5.75 Å². The predicted molar refractivity (Wildman–Crippen MR) is 68.8 cm³/mol. The molecule has 1 saturated carbocycles. The minimum absolute atomic E-state index is 0.0517. The van der Waals surface area contributed by atoms with Gasteiger partial charge in [-0.2, -0.15) is 0 Å². The third-order valence-corrected chi connectivity index (χ3v) is 3.48. The van der Waals surface area contributed by atoms with Gasteiger partial charge < -0.3 is 15.7 Å². The smallest absolute Gasteiger partial charge is 0.173 e. The fourth-order valence-corrected chi connectivity index (χ4v) is 2.36. The van der Waals surface area contributed by atoms with Crippen LogP contribution in [-0.4, -0.2) is 22.1 Å². The molecule has 5 heteroatoms. The number of aromatic nitrogens is 1. The molecule has 1 aliphatic carbocycles. The second kappa shape index (κ2) is 5.71. The van der Waals surface area contributed by atoms with E-state index in [0.717, 1.165) is 6.42 Å². The number of nitrogens with two attached hydrogens (primary N) is 1. The van der Waals surface area contributed by atoms with Crippen LogP contribution in [-0.2, 0) is 0 Å². The Morgan fingerprint density at radius 1 is 1.50 bits per heavy atom. The Balaban J connectivity index is 2.18. The Labute approximate surface area is 107 Å². The zero-order valence-corrected chi connectivity index (χ0v) is 10.5. The van der Waals surface area contributed by atoms with Crippen molar-refractivity contribution in [2.45, 2.75) is 38.7 Å². The van der Waals surface area contributed by atoms with E-state index in [2.05, 4.69) is 17.1 Å². The third kappa shape index (κ3) is 2.72. The van der Waals surface area contributed by atoms with Gasteiger partial charge in [0, 0.05) is 6.20 Å². The highest BCUT2D eigenvalue weighted by Gasteiger charge is 2.24. The van der Waals surface area contributed by atoms with Crippen LogP contribution in [0.3, 0.4) is 0 Å². The van der Waals surface area contributed by atoms with E-state index in [1.807, 2.05) is 0 Å². The van der Waals surface area contributed by atoms with Gasteiger partial charge in [-0.05, 0) is 31.2 Å². The lowest BCUT2D eigenvalue weighted by molar-refractivity contribution is 0.102. The maximum atomic E-state index is 8.76. The predicted octanol–water partition coefficient (Wildman–Crippen LogP) is 2.13. The van der Waals surface area contributed by atoms with Gasteiger partial charge in [0.05, 0.1) is 11.8 Å². The van der Waals surface area contributed by atoms with Gasteiger partial charge in [0.15, 0.2) is 5.84 Å². The van der Waals surface area contributed by atoms with Crippen LogP contribution in [0.2, 0.25) is 0 Å². The molecule has 98 valence electrons. The number of nitrogens with zero attached hydrogens (tertiary/aromatic N) is 2. The van der Waals surface area contributed by atoms with E-state index in [9.17, 15) is 0 Å². The number of amidine groups is 1. The fraction of sp³-hybridized carbons (Fsp3) is 0.538. The molecule has 18 heavy (non-hydrogen) atoms. The lowest BCUT2D eigenvalue weighted by Gasteiger charge is -2.29. The monoisotopic (exact) mass is 249 g/mol. The van der Waals surface area contributed by atoms with Gasteiger partial charge in [0.25, 0.3) is 0 Å². The second-order valence-corrected chi connectivity index (χ2v) is 4.78. The minimum atomic E-state index is 0.0517. The number of hydrogen-bond acceptors (Lipinski definition) is 4. The van der Waals surface area contributed by atoms with Crippen molar-refractivity contribution in [1.29, 1.82) is 0 Å². The molecule has 0 saturated heterocycles. The van der Waals surface area contributed by atoms with Crippen LogP contribution in [0.4, 0.5) is 0 Å². The molecule has 1 heterocycles. The zero-order valence-electron chi connectivity index (χ0n) is 10.5. The summed E-state index contributed by atoms with van der Waals surface area (Å²) in [7, 11) is 0. The van der Waals surface area contributed by atoms with E-state index in [0.29, 0.717) is 17.2 Å². The van der Waals surface area contributed by atoms with Crippen molar-refractivity contribution in [3.63, 3.8) is 0 Å². The molecule has 1 aromatic heterocycles. The number of rotatable bonds is 3. The van der Waals surface area contributed by atoms with Crippen LogP contribution >= 0.6 is 0 Å². The third-order valence-electron chi connectivity index (χ3n) is 3.48. The standard InChI is InChI=1S/C13H19N3O2/c1-9-4-2-3-5-11(9)18-12-8-15-7-6-10(12)13(14)16-17/h6-9,11,17H,2-5H2,1H3,(H2,14,16). The molecule has 2 unspecified atom stereocenters. The fourth-order valence-electron chi connectivity index (χ4n) is 2.36. The first-order chi connectivity index (χ1) is 8.72. The van der Waals surface area contributed by atoms with E-state index in [1.54, 1.807) is 18.5 Å². The maximum Gasteiger partial charge on any atom is 0.173 e. The molecule has 0 amide bonds. The summed E-state index contributed by atoms with van der Waals surface area (Å²) in [6, 6.07) is 1.69. The molecular weight excluding hydrogens is 230 g/mol. The second-order valence-electron chi connectivity index (χ2n) is 4.78. The van der Waals surface area contributed by atoms with Crippen LogP contribution in [0.25, 0.3) is 0 Å². The number of pyridine rings is 1. The summed E-state index contributed by atoms with van der Waals surface area (Å²) in [4.78, 5) is 4.04. The molecule has 0 aliphatic heterocycles. The average molecular weight is 249 g/mol. The van der Waals surface area contributed by atoms with Gasteiger partial charge in [0.1, 0.15) is 11.9 Å². The summed E-state index contributed by atoms with van der Waals surface area (Å²) in [5.74, 6) is 1.17. The van der Waals surface area contributed by atoms with Crippen molar-refractivity contribution >= 4 is 5.84 Å². The molecule has 0 bridgehead atoms. The van der Waals surface area contributed by atoms with Gasteiger partial charge in [-0.15, -0.1) is 0 Å². The van der Waals surface area contributed by atoms with Crippen LogP contribution in [0, 0.1) is 5.92 Å². The van der Waals surface area contributed by atoms with E-state index in [4.69, 9.17) is 15.7 Å². The SMILES string of the molecule is CC1CCCCC1Oc1cnccc1/C(N)=N/O. The highest BCUT2D eigenvalue weighted by molar-refractivity contribution is 5.99. The summed E-state index contributed by atoms with van der Waals surface area (Å²) in [5.41, 5.74) is 6.22. The summed E-state index contributed by atoms with van der Waals surface area (Å²) < 4.78 is 5.99. The van der Waals surface area contributed by atoms with Crippen LogP contribution < -0.4 is 10.5 Å². The van der Waals surface area contributed by atoms with Crippen molar-refractivity contribution in [2.24, 2.45) is 16.8 Å². The van der Waals surface area contributed by atoms with E-state index >= 15 is 0 Å². The Morgan fingerprint density at radius 3 is 3.00 bits per heavy atom. The van der Waals surface area contributed by atoms with Crippen LogP contribution in [0.15, 0.2) is 23.6 Å². The molecule has 0 radical (unpaired) electrons. The van der Waals surface area contributed by atoms with Crippen molar-refractivity contribution in [2.75, 3.05) is 0 Å². The maximum absolute atomic E-state index is 8.76. The first-order valence-corrected chi connectivity index (χ1v) is 6.31. The summed E-state index contributed by atoms with van der Waals surface area (Å²) in [6.07, 6.45) is 8.09. The molecule has 0 aromatic carbocycles. The highest BCUT2D eigenvalue weighted by Crippen LogP contribution is 2.29. The lowest BCUT2D eigenvalue weighted by Crippen LogP contribution is -2.29. The van der Waals surface area contributed by atoms with Crippen LogP contribution in [0.1, 0.15) is 38.2 Å². The first kappa shape index (κ1) is 12.7. The molecule has 2 rings (SSSR count). The Bertz CT molecular complexity index is 434. The van der Waals surface area contributed by atoms with Crippen molar-refractivity contribution in [3.05, 3.63) is 24.0 Å². The molecule has 3 N–H and O–H groups in total. The van der Waals surface area contributed by atoms with Gasteiger partial charge in [-0.3, -0.25) is 4.98 Å². The number of oxime groups is 1. The van der Waals surface area contributed by atoms with Crippen molar-refractivity contribution in [1.82, 2.24) is 4.98 Å². The lowest BCUT2D eigenvalue weighted by atomic mass is 9.88. The van der Waals surface area contributed by atoms with Gasteiger partial charge in [-0.1, -0.05) is 18.5 Å². The zero-order chi connectivity index (χ0) is 13.0. The van der Waals surface area contributed by atoms with E-state index in [1.165, 1.54) is 19.3 Å². The largest absolute Gasteiger partial charge is 0.488 e. The Morgan fingerprint density at radius 2 is 2.28 bits per heavy atom. The molecule has 1 aliphatic rings. The quantitative estimate of drug-likeness (QED) is 0.372. The summed E-state index contributed by atoms with van der Waals surface area (Å²) >= 11 is 0. The van der Waals surface area contributed by atoms with Gasteiger partial charge >= 0.3 is 0 Å². The van der Waals surface area contributed by atoms with Gasteiger partial charge in [-0.25, -0.2) is 0 Å².